The second-order valence-electron chi connectivity index (χ2n) is 5.02. The standard InChI is InChI=1S/C17H22O6/c1-6-7-8-10-9-11(18)12-13(19-2)15(20-3)17(22-5)16(21-4)14(12)23-10/h9H,6-8H2,1-5H3. The van der Waals surface area contributed by atoms with Crippen LogP contribution in [0.4, 0.5) is 0 Å². The molecular formula is C17H22O6. The van der Waals surface area contributed by atoms with Crippen LogP contribution in [0.3, 0.4) is 0 Å². The van der Waals surface area contributed by atoms with Crippen LogP contribution in [-0.4, -0.2) is 28.4 Å². The average molecular weight is 322 g/mol. The van der Waals surface area contributed by atoms with Gasteiger partial charge in [0.1, 0.15) is 11.1 Å². The molecule has 0 aliphatic heterocycles. The predicted octanol–water partition coefficient (Wildman–Crippen LogP) is 3.17. The summed E-state index contributed by atoms with van der Waals surface area (Å²) in [4.78, 5) is 12.6. The predicted molar refractivity (Wildman–Crippen MR) is 87.3 cm³/mol. The van der Waals surface area contributed by atoms with Gasteiger partial charge in [-0.1, -0.05) is 13.3 Å². The van der Waals surface area contributed by atoms with Gasteiger partial charge in [-0.15, -0.1) is 0 Å². The van der Waals surface area contributed by atoms with E-state index in [9.17, 15) is 4.79 Å². The van der Waals surface area contributed by atoms with Crippen LogP contribution >= 0.6 is 0 Å². The fraction of sp³-hybridized carbons (Fsp3) is 0.471. The van der Waals surface area contributed by atoms with Crippen LogP contribution in [0.15, 0.2) is 15.3 Å². The topological polar surface area (TPSA) is 67.1 Å². The molecule has 0 amide bonds. The first-order valence-electron chi connectivity index (χ1n) is 7.45. The van der Waals surface area contributed by atoms with Crippen molar-refractivity contribution in [3.05, 3.63) is 22.0 Å². The van der Waals surface area contributed by atoms with Gasteiger partial charge in [-0.05, 0) is 6.42 Å². The zero-order valence-electron chi connectivity index (χ0n) is 14.1. The van der Waals surface area contributed by atoms with Gasteiger partial charge in [0.15, 0.2) is 16.8 Å². The van der Waals surface area contributed by atoms with Gasteiger partial charge in [0, 0.05) is 12.5 Å². The van der Waals surface area contributed by atoms with E-state index in [1.54, 1.807) is 0 Å². The maximum atomic E-state index is 12.6. The quantitative estimate of drug-likeness (QED) is 0.780. The highest BCUT2D eigenvalue weighted by Gasteiger charge is 2.26. The highest BCUT2D eigenvalue weighted by atomic mass is 16.5. The Hall–Kier alpha value is -2.37. The van der Waals surface area contributed by atoms with Crippen molar-refractivity contribution in [2.75, 3.05) is 28.4 Å². The lowest BCUT2D eigenvalue weighted by Crippen LogP contribution is -2.08. The Bertz CT molecular complexity index is 747. The molecule has 0 spiro atoms. The molecule has 1 aromatic carbocycles. The van der Waals surface area contributed by atoms with Gasteiger partial charge in [0.2, 0.25) is 17.2 Å². The van der Waals surface area contributed by atoms with E-state index in [1.165, 1.54) is 34.5 Å². The van der Waals surface area contributed by atoms with Crippen molar-refractivity contribution in [1.29, 1.82) is 0 Å². The molecule has 0 saturated carbocycles. The first-order valence-corrected chi connectivity index (χ1v) is 7.45. The summed E-state index contributed by atoms with van der Waals surface area (Å²) in [5, 5.41) is 0.280. The van der Waals surface area contributed by atoms with E-state index in [0.29, 0.717) is 35.0 Å². The Morgan fingerprint density at radius 3 is 2.00 bits per heavy atom. The molecule has 0 radical (unpaired) electrons. The lowest BCUT2D eigenvalue weighted by atomic mass is 10.1. The highest BCUT2D eigenvalue weighted by Crippen LogP contribution is 2.49. The maximum absolute atomic E-state index is 12.6. The van der Waals surface area contributed by atoms with E-state index in [-0.39, 0.29) is 16.6 Å². The van der Waals surface area contributed by atoms with E-state index in [4.69, 9.17) is 23.4 Å². The summed E-state index contributed by atoms with van der Waals surface area (Å²) >= 11 is 0. The highest BCUT2D eigenvalue weighted by molar-refractivity contribution is 5.94. The summed E-state index contributed by atoms with van der Waals surface area (Å²) in [6.45, 7) is 2.08. The van der Waals surface area contributed by atoms with Crippen molar-refractivity contribution >= 4 is 11.0 Å². The Kier molecular flexibility index (Phi) is 5.36. The van der Waals surface area contributed by atoms with Gasteiger partial charge < -0.3 is 23.4 Å². The number of hydrogen-bond acceptors (Lipinski definition) is 6. The number of unbranched alkanes of at least 4 members (excludes halogenated alkanes) is 1. The van der Waals surface area contributed by atoms with E-state index in [2.05, 4.69) is 6.92 Å². The molecule has 1 heterocycles. The summed E-state index contributed by atoms with van der Waals surface area (Å²) in [7, 11) is 5.92. The van der Waals surface area contributed by atoms with Crippen molar-refractivity contribution in [3.63, 3.8) is 0 Å². The molecule has 2 aromatic rings. The molecule has 6 nitrogen and oxygen atoms in total. The molecule has 0 bridgehead atoms. The Morgan fingerprint density at radius 1 is 0.913 bits per heavy atom. The van der Waals surface area contributed by atoms with Crippen LogP contribution in [0, 0.1) is 0 Å². The number of fused-ring (bicyclic) bond motifs is 1. The van der Waals surface area contributed by atoms with Gasteiger partial charge in [-0.2, -0.15) is 0 Å². The number of benzene rings is 1. The molecule has 0 N–H and O–H groups in total. The van der Waals surface area contributed by atoms with Crippen molar-refractivity contribution < 1.29 is 23.4 Å². The SMILES string of the molecule is CCCCc1cc(=O)c2c(OC)c(OC)c(OC)c(OC)c2o1. The third kappa shape index (κ3) is 2.93. The Morgan fingerprint density at radius 2 is 1.48 bits per heavy atom. The number of methoxy groups -OCH3 is 4. The molecule has 1 aromatic heterocycles. The van der Waals surface area contributed by atoms with Crippen LogP contribution in [-0.2, 0) is 6.42 Å². The second-order valence-corrected chi connectivity index (χ2v) is 5.02. The van der Waals surface area contributed by atoms with Crippen LogP contribution in [0.25, 0.3) is 11.0 Å². The number of rotatable bonds is 7. The third-order valence-corrected chi connectivity index (χ3v) is 3.64. The largest absolute Gasteiger partial charge is 0.492 e. The van der Waals surface area contributed by atoms with Gasteiger partial charge >= 0.3 is 0 Å². The first kappa shape index (κ1) is 17.0. The molecular weight excluding hydrogens is 300 g/mol. The zero-order chi connectivity index (χ0) is 17.0. The minimum Gasteiger partial charge on any atom is -0.492 e. The maximum Gasteiger partial charge on any atom is 0.211 e. The lowest BCUT2D eigenvalue weighted by molar-refractivity contribution is 0.306. The van der Waals surface area contributed by atoms with E-state index in [0.717, 1.165) is 12.8 Å². The Balaban J connectivity index is 2.89. The lowest BCUT2D eigenvalue weighted by Gasteiger charge is -2.17. The first-order chi connectivity index (χ1) is 11.1. The number of aryl methyl sites for hydroxylation is 1. The van der Waals surface area contributed by atoms with Crippen molar-refractivity contribution in [3.8, 4) is 23.0 Å². The van der Waals surface area contributed by atoms with Gasteiger partial charge in [0.05, 0.1) is 28.4 Å². The zero-order valence-corrected chi connectivity index (χ0v) is 14.1. The molecule has 0 unspecified atom stereocenters. The Labute approximate surface area is 134 Å². The van der Waals surface area contributed by atoms with Crippen molar-refractivity contribution in [2.24, 2.45) is 0 Å². The smallest absolute Gasteiger partial charge is 0.211 e. The molecule has 0 aliphatic rings. The van der Waals surface area contributed by atoms with Crippen LogP contribution in [0.2, 0.25) is 0 Å². The molecule has 0 aliphatic carbocycles. The molecule has 126 valence electrons. The summed E-state index contributed by atoms with van der Waals surface area (Å²) in [6.07, 6.45) is 2.62. The van der Waals surface area contributed by atoms with Crippen LogP contribution < -0.4 is 24.4 Å². The molecule has 6 heteroatoms. The third-order valence-electron chi connectivity index (χ3n) is 3.64. The fourth-order valence-corrected chi connectivity index (χ4v) is 2.56. The molecule has 0 saturated heterocycles. The fourth-order valence-electron chi connectivity index (χ4n) is 2.56. The second kappa shape index (κ2) is 7.26. The number of ether oxygens (including phenoxy) is 4. The molecule has 0 atom stereocenters. The summed E-state index contributed by atoms with van der Waals surface area (Å²) < 4.78 is 27.4. The van der Waals surface area contributed by atoms with E-state index < -0.39 is 0 Å². The molecule has 0 fully saturated rings. The van der Waals surface area contributed by atoms with Crippen molar-refractivity contribution in [1.82, 2.24) is 0 Å². The van der Waals surface area contributed by atoms with Gasteiger partial charge in [-0.3, -0.25) is 4.79 Å². The van der Waals surface area contributed by atoms with Gasteiger partial charge in [-0.25, -0.2) is 0 Å². The van der Waals surface area contributed by atoms with Crippen molar-refractivity contribution in [2.45, 2.75) is 26.2 Å². The number of hydrogen-bond donors (Lipinski definition) is 0. The van der Waals surface area contributed by atoms with E-state index in [1.807, 2.05) is 0 Å². The van der Waals surface area contributed by atoms with Crippen LogP contribution in [0.1, 0.15) is 25.5 Å². The van der Waals surface area contributed by atoms with Gasteiger partial charge in [0.25, 0.3) is 0 Å². The summed E-state index contributed by atoms with van der Waals surface area (Å²) in [5.74, 6) is 1.83. The molecule has 2 rings (SSSR count). The molecule has 23 heavy (non-hydrogen) atoms. The van der Waals surface area contributed by atoms with E-state index >= 15 is 0 Å². The monoisotopic (exact) mass is 322 g/mol. The minimum absolute atomic E-state index is 0.201. The average Bonchev–Trinajstić information content (AvgIpc) is 2.57. The normalized spacial score (nSPS) is 10.7. The summed E-state index contributed by atoms with van der Waals surface area (Å²) in [6, 6.07) is 1.49. The minimum atomic E-state index is -0.201. The summed E-state index contributed by atoms with van der Waals surface area (Å²) in [5.41, 5.74) is 0.106. The van der Waals surface area contributed by atoms with Crippen LogP contribution in [0.5, 0.6) is 23.0 Å².